The quantitative estimate of drug-likeness (QED) is 0.557. The number of hydrogen-bond donors (Lipinski definition) is 1. The minimum Gasteiger partial charge on any atom is -0.497 e. The lowest BCUT2D eigenvalue weighted by Gasteiger charge is -2.36. The highest BCUT2D eigenvalue weighted by Crippen LogP contribution is 2.25. The Morgan fingerprint density at radius 3 is 2.47 bits per heavy atom. The van der Waals surface area contributed by atoms with Gasteiger partial charge in [0.25, 0.3) is 5.91 Å². The monoisotopic (exact) mass is 485 g/mol. The zero-order valence-electron chi connectivity index (χ0n) is 20.5. The first kappa shape index (κ1) is 25.9. The van der Waals surface area contributed by atoms with Crippen LogP contribution in [-0.2, 0) is 11.3 Å². The molecule has 3 rings (SSSR count). The predicted molar refractivity (Wildman–Crippen MR) is 137 cm³/mol. The van der Waals surface area contributed by atoms with Gasteiger partial charge in [0, 0.05) is 43.9 Å². The van der Waals surface area contributed by atoms with Gasteiger partial charge in [-0.1, -0.05) is 17.7 Å². The summed E-state index contributed by atoms with van der Waals surface area (Å²) < 4.78 is 10.9. The summed E-state index contributed by atoms with van der Waals surface area (Å²) in [5, 5.41) is 2.98. The first-order valence-corrected chi connectivity index (χ1v) is 12.9. The second kappa shape index (κ2) is 12.7. The van der Waals surface area contributed by atoms with Crippen LogP contribution in [0, 0.1) is 6.92 Å². The number of nitrogens with one attached hydrogen (secondary N) is 1. The Morgan fingerprint density at radius 2 is 1.82 bits per heavy atom. The Kier molecular flexibility index (Phi) is 9.65. The van der Waals surface area contributed by atoms with Gasteiger partial charge >= 0.3 is 0 Å². The van der Waals surface area contributed by atoms with Crippen molar-refractivity contribution in [3.05, 3.63) is 59.2 Å². The van der Waals surface area contributed by atoms with Crippen molar-refractivity contribution in [1.82, 2.24) is 15.1 Å². The van der Waals surface area contributed by atoms with E-state index in [1.54, 1.807) is 32.0 Å². The molecule has 1 fully saturated rings. The zero-order valence-corrected chi connectivity index (χ0v) is 21.3. The van der Waals surface area contributed by atoms with Gasteiger partial charge in [0.05, 0.1) is 14.2 Å². The average Bonchev–Trinajstić information content (AvgIpc) is 2.86. The number of benzene rings is 2. The van der Waals surface area contributed by atoms with Crippen molar-refractivity contribution < 1.29 is 19.1 Å². The van der Waals surface area contributed by atoms with Crippen molar-refractivity contribution in [2.24, 2.45) is 0 Å². The number of carbonyl (C=O) groups excluding carboxylic acids is 2. The van der Waals surface area contributed by atoms with Crippen LogP contribution in [0.3, 0.4) is 0 Å². The van der Waals surface area contributed by atoms with Crippen molar-refractivity contribution in [3.63, 3.8) is 0 Å². The van der Waals surface area contributed by atoms with E-state index in [2.05, 4.69) is 10.2 Å². The first-order valence-electron chi connectivity index (χ1n) is 11.5. The minimum absolute atomic E-state index is 0.00587. The molecule has 34 heavy (non-hydrogen) atoms. The fourth-order valence-electron chi connectivity index (χ4n) is 4.11. The lowest BCUT2D eigenvalue weighted by Crippen LogP contribution is -2.55. The van der Waals surface area contributed by atoms with Gasteiger partial charge in [0.15, 0.2) is 0 Å². The van der Waals surface area contributed by atoms with Crippen LogP contribution in [0.15, 0.2) is 42.5 Å². The summed E-state index contributed by atoms with van der Waals surface area (Å²) >= 11 is 1.68. The van der Waals surface area contributed by atoms with Gasteiger partial charge in [-0.2, -0.15) is 11.8 Å². The highest BCUT2D eigenvalue weighted by Gasteiger charge is 2.29. The summed E-state index contributed by atoms with van der Waals surface area (Å²) in [6.45, 7) is 5.44. The fraction of sp³-hybridized carbons (Fsp3) is 0.462. The lowest BCUT2D eigenvalue weighted by molar-refractivity contribution is -0.135. The van der Waals surface area contributed by atoms with Crippen LogP contribution in [0.25, 0.3) is 0 Å². The number of carbonyl (C=O) groups is 2. The van der Waals surface area contributed by atoms with Crippen LogP contribution in [-0.4, -0.2) is 80.1 Å². The van der Waals surface area contributed by atoms with Gasteiger partial charge in [-0.15, -0.1) is 0 Å². The van der Waals surface area contributed by atoms with Crippen LogP contribution < -0.4 is 14.8 Å². The molecule has 2 aromatic carbocycles. The molecule has 2 amide bonds. The molecular weight excluding hydrogens is 450 g/mol. The zero-order chi connectivity index (χ0) is 24.5. The van der Waals surface area contributed by atoms with Crippen LogP contribution >= 0.6 is 11.8 Å². The van der Waals surface area contributed by atoms with Crippen LogP contribution in [0.2, 0.25) is 0 Å². The fourth-order valence-corrected chi connectivity index (χ4v) is 4.59. The van der Waals surface area contributed by atoms with Crippen molar-refractivity contribution in [2.75, 3.05) is 52.4 Å². The van der Waals surface area contributed by atoms with E-state index < -0.39 is 6.04 Å². The maximum atomic E-state index is 13.3. The molecule has 0 aromatic heterocycles. The molecule has 0 spiro atoms. The molecule has 0 saturated carbocycles. The molecule has 1 N–H and O–H groups in total. The van der Waals surface area contributed by atoms with E-state index in [9.17, 15) is 9.59 Å². The van der Waals surface area contributed by atoms with Crippen LogP contribution in [0.5, 0.6) is 11.5 Å². The number of aryl methyl sites for hydroxylation is 1. The number of nitrogens with zero attached hydrogens (tertiary/aromatic N) is 2. The maximum Gasteiger partial charge on any atom is 0.251 e. The van der Waals surface area contributed by atoms with Crippen LogP contribution in [0.4, 0.5) is 0 Å². The van der Waals surface area contributed by atoms with E-state index in [1.807, 2.05) is 54.5 Å². The van der Waals surface area contributed by atoms with E-state index in [1.165, 1.54) is 0 Å². The van der Waals surface area contributed by atoms with Crippen molar-refractivity contribution in [3.8, 4) is 11.5 Å². The number of thioether (sulfide) groups is 1. The van der Waals surface area contributed by atoms with Gasteiger partial charge in [-0.3, -0.25) is 14.5 Å². The van der Waals surface area contributed by atoms with E-state index >= 15 is 0 Å². The Hall–Kier alpha value is -2.71. The molecule has 184 valence electrons. The van der Waals surface area contributed by atoms with E-state index in [-0.39, 0.29) is 11.8 Å². The second-order valence-electron chi connectivity index (χ2n) is 8.46. The standard InChI is InChI=1S/C26H35N3O4S/c1-19-6-5-7-20(16-19)25(30)27-23(10-15-34-4)26(31)29-13-11-28(12-14-29)18-21-17-22(32-2)8-9-24(21)33-3/h5-9,16-17,23H,10-15,18H2,1-4H3,(H,27,30). The molecule has 1 saturated heterocycles. The highest BCUT2D eigenvalue weighted by atomic mass is 32.2. The van der Waals surface area contributed by atoms with Crippen molar-refractivity contribution >= 4 is 23.6 Å². The Bertz CT molecular complexity index is 976. The third-order valence-electron chi connectivity index (χ3n) is 6.06. The summed E-state index contributed by atoms with van der Waals surface area (Å²) in [6.07, 6.45) is 2.62. The molecular formula is C26H35N3O4S. The molecule has 1 aliphatic rings. The van der Waals surface area contributed by atoms with Crippen molar-refractivity contribution in [1.29, 1.82) is 0 Å². The molecule has 1 heterocycles. The number of hydrogen-bond acceptors (Lipinski definition) is 6. The number of rotatable bonds is 10. The number of methoxy groups -OCH3 is 2. The van der Waals surface area contributed by atoms with E-state index in [0.29, 0.717) is 25.1 Å². The summed E-state index contributed by atoms with van der Waals surface area (Å²) in [7, 11) is 3.32. The molecule has 0 radical (unpaired) electrons. The summed E-state index contributed by atoms with van der Waals surface area (Å²) in [4.78, 5) is 30.3. The predicted octanol–water partition coefficient (Wildman–Crippen LogP) is 3.21. The average molecular weight is 486 g/mol. The normalized spacial score (nSPS) is 15.0. The Labute approximate surface area is 206 Å². The van der Waals surface area contributed by atoms with E-state index in [4.69, 9.17) is 9.47 Å². The van der Waals surface area contributed by atoms with E-state index in [0.717, 1.165) is 48.0 Å². The maximum absolute atomic E-state index is 13.3. The van der Waals surface area contributed by atoms with Gasteiger partial charge in [-0.05, 0) is 55.7 Å². The topological polar surface area (TPSA) is 71.1 Å². The molecule has 2 aromatic rings. The molecule has 1 aliphatic heterocycles. The van der Waals surface area contributed by atoms with Gasteiger partial charge in [0.2, 0.25) is 5.91 Å². The summed E-state index contributed by atoms with van der Waals surface area (Å²) in [6, 6.07) is 12.7. The minimum atomic E-state index is -0.523. The smallest absolute Gasteiger partial charge is 0.251 e. The number of amides is 2. The van der Waals surface area contributed by atoms with Gasteiger partial charge < -0.3 is 19.7 Å². The van der Waals surface area contributed by atoms with Gasteiger partial charge in [-0.25, -0.2) is 0 Å². The lowest BCUT2D eigenvalue weighted by atomic mass is 10.1. The second-order valence-corrected chi connectivity index (χ2v) is 9.44. The van der Waals surface area contributed by atoms with Crippen LogP contribution in [0.1, 0.15) is 27.9 Å². The molecule has 7 nitrogen and oxygen atoms in total. The SMILES string of the molecule is COc1ccc(OC)c(CN2CCN(C(=O)C(CCSC)NC(=O)c3cccc(C)c3)CC2)c1. The third kappa shape index (κ3) is 6.90. The summed E-state index contributed by atoms with van der Waals surface area (Å²) in [5.41, 5.74) is 2.66. The first-order chi connectivity index (χ1) is 16.4. The Morgan fingerprint density at radius 1 is 1.06 bits per heavy atom. The number of ether oxygens (including phenoxy) is 2. The molecule has 1 unspecified atom stereocenters. The van der Waals surface area contributed by atoms with Crippen molar-refractivity contribution in [2.45, 2.75) is 25.9 Å². The van der Waals surface area contributed by atoms with Gasteiger partial charge in [0.1, 0.15) is 17.5 Å². The summed E-state index contributed by atoms with van der Waals surface area (Å²) in [5.74, 6) is 2.22. The number of piperazine rings is 1. The molecule has 8 heteroatoms. The third-order valence-corrected chi connectivity index (χ3v) is 6.70. The molecule has 1 atom stereocenters. The largest absolute Gasteiger partial charge is 0.497 e. The molecule has 0 aliphatic carbocycles. The Balaban J connectivity index is 1.60. The molecule has 0 bridgehead atoms. The highest BCUT2D eigenvalue weighted by molar-refractivity contribution is 7.98.